The van der Waals surface area contributed by atoms with Crippen molar-refractivity contribution >= 4 is 11.6 Å². The molecule has 0 saturated carbocycles. The lowest BCUT2D eigenvalue weighted by Crippen LogP contribution is -2.15. The quantitative estimate of drug-likeness (QED) is 0.899. The number of para-hydroxylation sites is 1. The Balaban J connectivity index is 2.43. The zero-order valence-electron chi connectivity index (χ0n) is 10.9. The minimum atomic E-state index is -0.0715. The Morgan fingerprint density at radius 3 is 2.56 bits per heavy atom. The molecule has 0 spiro atoms. The average molecular weight is 243 g/mol. The Hall–Kier alpha value is -1.94. The molecular formula is C14H17N3O. The van der Waals surface area contributed by atoms with Crippen molar-refractivity contribution in [2.24, 2.45) is 0 Å². The molecule has 1 N–H and O–H groups in total. The Bertz CT molecular complexity index is 554. The number of rotatable bonds is 3. The van der Waals surface area contributed by atoms with Crippen LogP contribution in [0.1, 0.15) is 17.0 Å². The van der Waals surface area contributed by atoms with Gasteiger partial charge in [-0.15, -0.1) is 0 Å². The summed E-state index contributed by atoms with van der Waals surface area (Å²) >= 11 is 0. The molecule has 0 aliphatic rings. The van der Waals surface area contributed by atoms with Gasteiger partial charge < -0.3 is 10.0 Å². The van der Waals surface area contributed by atoms with Gasteiger partial charge in [-0.3, -0.25) is 0 Å². The summed E-state index contributed by atoms with van der Waals surface area (Å²) in [6, 6.07) is 9.86. The molecule has 0 radical (unpaired) electrons. The summed E-state index contributed by atoms with van der Waals surface area (Å²) in [5.74, 6) is 0.605. The summed E-state index contributed by atoms with van der Waals surface area (Å²) in [7, 11) is 1.93. The summed E-state index contributed by atoms with van der Waals surface area (Å²) in [6.45, 7) is 3.88. The molecule has 2 aromatic rings. The molecule has 1 aromatic heterocycles. The van der Waals surface area contributed by atoms with E-state index in [1.807, 2.05) is 37.1 Å². The third kappa shape index (κ3) is 2.49. The van der Waals surface area contributed by atoms with E-state index in [-0.39, 0.29) is 6.61 Å². The highest BCUT2D eigenvalue weighted by Crippen LogP contribution is 2.24. The molecule has 0 aliphatic carbocycles. The Morgan fingerprint density at radius 2 is 1.89 bits per heavy atom. The van der Waals surface area contributed by atoms with Crippen LogP contribution < -0.4 is 4.90 Å². The molecule has 0 atom stereocenters. The van der Waals surface area contributed by atoms with Crippen molar-refractivity contribution < 1.29 is 5.11 Å². The third-order valence-corrected chi connectivity index (χ3v) is 2.83. The first kappa shape index (κ1) is 12.5. The number of hydrogen-bond acceptors (Lipinski definition) is 4. The lowest BCUT2D eigenvalue weighted by Gasteiger charge is -2.20. The number of anilines is 2. The van der Waals surface area contributed by atoms with E-state index in [9.17, 15) is 5.11 Å². The van der Waals surface area contributed by atoms with Gasteiger partial charge in [0.2, 0.25) is 5.95 Å². The monoisotopic (exact) mass is 243 g/mol. The van der Waals surface area contributed by atoms with E-state index in [1.165, 1.54) is 0 Å². The first-order chi connectivity index (χ1) is 8.61. The molecule has 4 nitrogen and oxygen atoms in total. The van der Waals surface area contributed by atoms with Gasteiger partial charge in [-0.05, 0) is 31.5 Å². The largest absolute Gasteiger partial charge is 0.390 e. The molecule has 18 heavy (non-hydrogen) atoms. The fourth-order valence-electron chi connectivity index (χ4n) is 1.90. The topological polar surface area (TPSA) is 49.3 Å². The van der Waals surface area contributed by atoms with Crippen LogP contribution >= 0.6 is 0 Å². The van der Waals surface area contributed by atoms with Gasteiger partial charge in [0.05, 0.1) is 12.3 Å². The maximum absolute atomic E-state index is 9.18. The van der Waals surface area contributed by atoms with Crippen molar-refractivity contribution in [1.29, 1.82) is 0 Å². The summed E-state index contributed by atoms with van der Waals surface area (Å²) in [5, 5.41) is 9.18. The fraction of sp³-hybridized carbons (Fsp3) is 0.286. The number of benzene rings is 1. The molecule has 0 fully saturated rings. The van der Waals surface area contributed by atoms with Gasteiger partial charge in [0.1, 0.15) is 0 Å². The normalized spacial score (nSPS) is 10.4. The minimum Gasteiger partial charge on any atom is -0.390 e. The lowest BCUT2D eigenvalue weighted by atomic mass is 10.2. The van der Waals surface area contributed by atoms with E-state index >= 15 is 0 Å². The van der Waals surface area contributed by atoms with Crippen molar-refractivity contribution in [3.8, 4) is 0 Å². The molecule has 0 aliphatic heterocycles. The molecule has 1 aromatic carbocycles. The van der Waals surface area contributed by atoms with Crippen LogP contribution in [-0.2, 0) is 6.61 Å². The van der Waals surface area contributed by atoms with Gasteiger partial charge in [-0.25, -0.2) is 9.97 Å². The van der Waals surface area contributed by atoms with Gasteiger partial charge in [-0.1, -0.05) is 18.2 Å². The second-order valence-corrected chi connectivity index (χ2v) is 4.30. The Kier molecular flexibility index (Phi) is 3.58. The third-order valence-electron chi connectivity index (χ3n) is 2.83. The van der Waals surface area contributed by atoms with Crippen LogP contribution in [-0.4, -0.2) is 22.1 Å². The van der Waals surface area contributed by atoms with Crippen molar-refractivity contribution in [2.75, 3.05) is 11.9 Å². The van der Waals surface area contributed by atoms with E-state index in [4.69, 9.17) is 0 Å². The van der Waals surface area contributed by atoms with E-state index in [0.717, 1.165) is 16.9 Å². The van der Waals surface area contributed by atoms with Crippen molar-refractivity contribution in [3.63, 3.8) is 0 Å². The standard InChI is InChI=1S/C14H17N3O/c1-10-6-4-5-7-13(10)17(3)14-15-11(2)8-12(9-18)16-14/h4-8,18H,9H2,1-3H3. The predicted octanol–water partition coefficient (Wildman–Crippen LogP) is 2.35. The lowest BCUT2D eigenvalue weighted by molar-refractivity contribution is 0.276. The van der Waals surface area contributed by atoms with E-state index in [1.54, 1.807) is 6.07 Å². The summed E-state index contributed by atoms with van der Waals surface area (Å²) in [5.41, 5.74) is 3.71. The second-order valence-electron chi connectivity index (χ2n) is 4.30. The highest BCUT2D eigenvalue weighted by Gasteiger charge is 2.10. The number of nitrogens with zero attached hydrogens (tertiary/aromatic N) is 3. The number of aromatic nitrogens is 2. The molecule has 2 rings (SSSR count). The van der Waals surface area contributed by atoms with Crippen LogP contribution in [0.15, 0.2) is 30.3 Å². The molecule has 94 valence electrons. The average Bonchev–Trinajstić information content (AvgIpc) is 2.37. The van der Waals surface area contributed by atoms with E-state index in [2.05, 4.69) is 23.0 Å². The number of aryl methyl sites for hydroxylation is 2. The van der Waals surface area contributed by atoms with E-state index in [0.29, 0.717) is 11.6 Å². The van der Waals surface area contributed by atoms with Crippen LogP contribution in [0.4, 0.5) is 11.6 Å². The van der Waals surface area contributed by atoms with Crippen LogP contribution in [0.5, 0.6) is 0 Å². The molecule has 0 saturated heterocycles. The van der Waals surface area contributed by atoms with Gasteiger partial charge in [0.25, 0.3) is 0 Å². The molecule has 1 heterocycles. The fourth-order valence-corrected chi connectivity index (χ4v) is 1.90. The van der Waals surface area contributed by atoms with Gasteiger partial charge >= 0.3 is 0 Å². The van der Waals surface area contributed by atoms with Crippen molar-refractivity contribution in [2.45, 2.75) is 20.5 Å². The zero-order valence-corrected chi connectivity index (χ0v) is 10.9. The SMILES string of the molecule is Cc1cc(CO)nc(N(C)c2ccccc2C)n1. The number of aliphatic hydroxyl groups is 1. The van der Waals surface area contributed by atoms with Gasteiger partial charge in [0.15, 0.2) is 0 Å². The Morgan fingerprint density at radius 1 is 1.17 bits per heavy atom. The van der Waals surface area contributed by atoms with Crippen molar-refractivity contribution in [1.82, 2.24) is 9.97 Å². The number of aliphatic hydroxyl groups excluding tert-OH is 1. The molecule has 0 unspecified atom stereocenters. The second kappa shape index (κ2) is 5.14. The van der Waals surface area contributed by atoms with Gasteiger partial charge in [0, 0.05) is 18.4 Å². The summed E-state index contributed by atoms with van der Waals surface area (Å²) in [6.07, 6.45) is 0. The number of hydrogen-bond donors (Lipinski definition) is 1. The maximum atomic E-state index is 9.18. The van der Waals surface area contributed by atoms with E-state index < -0.39 is 0 Å². The van der Waals surface area contributed by atoms with Crippen LogP contribution in [0.2, 0.25) is 0 Å². The van der Waals surface area contributed by atoms with Gasteiger partial charge in [-0.2, -0.15) is 0 Å². The smallest absolute Gasteiger partial charge is 0.230 e. The van der Waals surface area contributed by atoms with Crippen molar-refractivity contribution in [3.05, 3.63) is 47.3 Å². The predicted molar refractivity (Wildman–Crippen MR) is 71.9 cm³/mol. The van der Waals surface area contributed by atoms with Crippen LogP contribution in [0.3, 0.4) is 0 Å². The highest BCUT2D eigenvalue weighted by molar-refractivity contribution is 5.60. The first-order valence-corrected chi connectivity index (χ1v) is 5.86. The molecule has 4 heteroatoms. The van der Waals surface area contributed by atoms with Crippen LogP contribution in [0.25, 0.3) is 0 Å². The summed E-state index contributed by atoms with van der Waals surface area (Å²) in [4.78, 5) is 10.7. The highest BCUT2D eigenvalue weighted by atomic mass is 16.3. The first-order valence-electron chi connectivity index (χ1n) is 5.86. The maximum Gasteiger partial charge on any atom is 0.230 e. The molecule has 0 bridgehead atoms. The molecule has 0 amide bonds. The zero-order chi connectivity index (χ0) is 13.1. The Labute approximate surface area is 107 Å². The minimum absolute atomic E-state index is 0.0715. The molecular weight excluding hydrogens is 226 g/mol. The van der Waals surface area contributed by atoms with Crippen LogP contribution in [0, 0.1) is 13.8 Å². The summed E-state index contributed by atoms with van der Waals surface area (Å²) < 4.78 is 0.